The van der Waals surface area contributed by atoms with Crippen LogP contribution in [-0.2, 0) is 10.0 Å². The lowest BCUT2D eigenvalue weighted by molar-refractivity contribution is 0.564. The zero-order chi connectivity index (χ0) is 16.0. The van der Waals surface area contributed by atoms with Crippen LogP contribution in [0.2, 0.25) is 0 Å². The van der Waals surface area contributed by atoms with E-state index in [2.05, 4.69) is 9.82 Å². The molecule has 0 saturated heterocycles. The van der Waals surface area contributed by atoms with Gasteiger partial charge >= 0.3 is 0 Å². The third-order valence-electron chi connectivity index (χ3n) is 3.20. The summed E-state index contributed by atoms with van der Waals surface area (Å²) >= 11 is 0. The molecule has 0 bridgehead atoms. The molecule has 1 aromatic carbocycles. The fourth-order valence-electron chi connectivity index (χ4n) is 2.10. The molecule has 0 amide bonds. The van der Waals surface area contributed by atoms with E-state index in [9.17, 15) is 8.42 Å². The van der Waals surface area contributed by atoms with E-state index in [0.29, 0.717) is 6.42 Å². The minimum Gasteiger partial charge on any atom is -0.241 e. The molecule has 116 valence electrons. The van der Waals surface area contributed by atoms with Gasteiger partial charge in [-0.05, 0) is 37.1 Å². The fraction of sp³-hybridized carbons (Fsp3) is 0.333. The molecule has 22 heavy (non-hydrogen) atoms. The molecule has 1 heterocycles. The largest absolute Gasteiger partial charge is 0.241 e. The number of unbranched alkanes of at least 4 members (excludes halogenated alkanes) is 1. The molecule has 0 aliphatic heterocycles. The Hall–Kier alpha value is -2.17. The average molecular weight is 318 g/mol. The average Bonchev–Trinajstić information content (AvgIpc) is 3.01. The van der Waals surface area contributed by atoms with Crippen molar-refractivity contribution in [2.45, 2.75) is 25.8 Å². The zero-order valence-corrected chi connectivity index (χ0v) is 13.1. The van der Waals surface area contributed by atoms with Crippen LogP contribution in [0, 0.1) is 11.3 Å². The predicted octanol–water partition coefficient (Wildman–Crippen LogP) is 2.16. The molecule has 0 aliphatic rings. The fourth-order valence-corrected chi connectivity index (χ4v) is 3.41. The summed E-state index contributed by atoms with van der Waals surface area (Å²) in [5.41, 5.74) is 1.73. The number of nitrogens with zero attached hydrogens (tertiary/aromatic N) is 3. The van der Waals surface area contributed by atoms with E-state index in [1.165, 1.54) is 0 Å². The van der Waals surface area contributed by atoms with Gasteiger partial charge in [-0.1, -0.05) is 12.1 Å². The van der Waals surface area contributed by atoms with Crippen LogP contribution in [0.5, 0.6) is 0 Å². The Morgan fingerprint density at radius 2 is 2.23 bits per heavy atom. The number of aromatic nitrogens is 2. The van der Waals surface area contributed by atoms with Gasteiger partial charge in [0, 0.05) is 24.9 Å². The first-order valence-corrected chi connectivity index (χ1v) is 8.64. The summed E-state index contributed by atoms with van der Waals surface area (Å²) in [7, 11) is -3.39. The Bertz CT molecular complexity index is 748. The van der Waals surface area contributed by atoms with Crippen molar-refractivity contribution in [1.29, 1.82) is 5.26 Å². The van der Waals surface area contributed by atoms with Gasteiger partial charge in [-0.25, -0.2) is 17.8 Å². The van der Waals surface area contributed by atoms with Gasteiger partial charge in [0.25, 0.3) is 0 Å². The van der Waals surface area contributed by atoms with E-state index in [1.807, 2.05) is 42.6 Å². The van der Waals surface area contributed by atoms with Crippen LogP contribution in [0.3, 0.4) is 0 Å². The van der Waals surface area contributed by atoms with Crippen LogP contribution in [0.1, 0.15) is 31.4 Å². The number of rotatable bonds is 7. The normalized spacial score (nSPS) is 12.7. The van der Waals surface area contributed by atoms with E-state index < -0.39 is 10.0 Å². The maximum absolute atomic E-state index is 12.0. The highest BCUT2D eigenvalue weighted by Crippen LogP contribution is 2.17. The Morgan fingerprint density at radius 3 is 2.91 bits per heavy atom. The molecule has 2 aromatic rings. The van der Waals surface area contributed by atoms with Crippen molar-refractivity contribution in [3.63, 3.8) is 0 Å². The Morgan fingerprint density at radius 1 is 1.41 bits per heavy atom. The molecule has 1 N–H and O–H groups in total. The van der Waals surface area contributed by atoms with E-state index in [0.717, 1.165) is 11.3 Å². The highest BCUT2D eigenvalue weighted by Gasteiger charge is 2.16. The molecule has 0 fully saturated rings. The lowest BCUT2D eigenvalue weighted by Crippen LogP contribution is -2.29. The summed E-state index contributed by atoms with van der Waals surface area (Å²) in [6.45, 7) is 1.80. The van der Waals surface area contributed by atoms with Crippen molar-refractivity contribution in [1.82, 2.24) is 14.5 Å². The monoisotopic (exact) mass is 318 g/mol. The first-order valence-electron chi connectivity index (χ1n) is 6.99. The van der Waals surface area contributed by atoms with Gasteiger partial charge in [0.05, 0.1) is 17.5 Å². The first kappa shape index (κ1) is 16.2. The molecule has 0 aliphatic carbocycles. The SMILES string of the molecule is C[C@@H](NS(=O)(=O)CCCC#N)c1cccc(-n2cccn2)c1. The van der Waals surface area contributed by atoms with Crippen LogP contribution in [0.25, 0.3) is 5.69 Å². The molecule has 0 spiro atoms. The van der Waals surface area contributed by atoms with Gasteiger partial charge in [0.15, 0.2) is 0 Å². The highest BCUT2D eigenvalue weighted by molar-refractivity contribution is 7.89. The second kappa shape index (κ2) is 7.20. The second-order valence-corrected chi connectivity index (χ2v) is 6.84. The third-order valence-corrected chi connectivity index (χ3v) is 4.74. The van der Waals surface area contributed by atoms with Crippen molar-refractivity contribution in [2.75, 3.05) is 5.75 Å². The second-order valence-electron chi connectivity index (χ2n) is 4.97. The summed E-state index contributed by atoms with van der Waals surface area (Å²) in [5, 5.41) is 12.6. The van der Waals surface area contributed by atoms with Crippen molar-refractivity contribution in [3.8, 4) is 11.8 Å². The predicted molar refractivity (Wildman–Crippen MR) is 83.7 cm³/mol. The number of nitriles is 1. The van der Waals surface area contributed by atoms with E-state index in [1.54, 1.807) is 17.8 Å². The van der Waals surface area contributed by atoms with Crippen LogP contribution in [0.15, 0.2) is 42.7 Å². The molecule has 2 rings (SSSR count). The standard InChI is InChI=1S/C15H18N4O2S/c1-13(18-22(20,21)11-3-2-8-16)14-6-4-7-15(12-14)19-10-5-9-17-19/h4-7,9-10,12-13,18H,2-3,11H2,1H3/t13-/m1/s1. The van der Waals surface area contributed by atoms with Gasteiger partial charge < -0.3 is 0 Å². The van der Waals surface area contributed by atoms with Crippen LogP contribution in [0.4, 0.5) is 0 Å². The van der Waals surface area contributed by atoms with Crippen LogP contribution >= 0.6 is 0 Å². The molecular weight excluding hydrogens is 300 g/mol. The number of sulfonamides is 1. The number of hydrogen-bond donors (Lipinski definition) is 1. The van der Waals surface area contributed by atoms with E-state index in [4.69, 9.17) is 5.26 Å². The van der Waals surface area contributed by atoms with Crippen LogP contribution in [-0.4, -0.2) is 24.0 Å². The topological polar surface area (TPSA) is 87.8 Å². The lowest BCUT2D eigenvalue weighted by atomic mass is 10.1. The van der Waals surface area contributed by atoms with Crippen molar-refractivity contribution >= 4 is 10.0 Å². The van der Waals surface area contributed by atoms with Crippen molar-refractivity contribution in [2.24, 2.45) is 0 Å². The van der Waals surface area contributed by atoms with Gasteiger partial charge in [-0.15, -0.1) is 0 Å². The maximum atomic E-state index is 12.0. The molecular formula is C15H18N4O2S. The Balaban J connectivity index is 2.08. The van der Waals surface area contributed by atoms with Crippen molar-refractivity contribution < 1.29 is 8.42 Å². The number of benzene rings is 1. The molecule has 0 unspecified atom stereocenters. The maximum Gasteiger partial charge on any atom is 0.212 e. The van der Waals surface area contributed by atoms with Gasteiger partial charge in [0.1, 0.15) is 0 Å². The summed E-state index contributed by atoms with van der Waals surface area (Å²) in [4.78, 5) is 0. The van der Waals surface area contributed by atoms with Crippen molar-refractivity contribution in [3.05, 3.63) is 48.3 Å². The highest BCUT2D eigenvalue weighted by atomic mass is 32.2. The summed E-state index contributed by atoms with van der Waals surface area (Å²) in [5.74, 6) is -0.0379. The number of hydrogen-bond acceptors (Lipinski definition) is 4. The van der Waals surface area contributed by atoms with Gasteiger partial charge in [-0.2, -0.15) is 10.4 Å². The summed E-state index contributed by atoms with van der Waals surface area (Å²) in [6, 6.07) is 11.0. The summed E-state index contributed by atoms with van der Waals surface area (Å²) in [6.07, 6.45) is 4.10. The molecule has 7 heteroatoms. The molecule has 0 saturated carbocycles. The Labute approximate surface area is 130 Å². The number of nitrogens with one attached hydrogen (secondary N) is 1. The first-order chi connectivity index (χ1) is 10.5. The zero-order valence-electron chi connectivity index (χ0n) is 12.3. The van der Waals surface area contributed by atoms with Crippen LogP contribution < -0.4 is 4.72 Å². The third kappa shape index (κ3) is 4.41. The smallest absolute Gasteiger partial charge is 0.212 e. The van der Waals surface area contributed by atoms with E-state index >= 15 is 0 Å². The Kier molecular flexibility index (Phi) is 5.31. The summed E-state index contributed by atoms with van der Waals surface area (Å²) < 4.78 is 28.3. The van der Waals surface area contributed by atoms with E-state index in [-0.39, 0.29) is 18.2 Å². The quantitative estimate of drug-likeness (QED) is 0.792. The van der Waals surface area contributed by atoms with Gasteiger partial charge in [-0.3, -0.25) is 0 Å². The molecule has 1 aromatic heterocycles. The molecule has 6 nitrogen and oxygen atoms in total. The minimum atomic E-state index is -3.39. The van der Waals surface area contributed by atoms with Gasteiger partial charge in [0.2, 0.25) is 10.0 Å². The molecule has 0 radical (unpaired) electrons. The molecule has 1 atom stereocenters. The lowest BCUT2D eigenvalue weighted by Gasteiger charge is -2.15. The minimum absolute atomic E-state index is 0.0379.